The van der Waals surface area contributed by atoms with Crippen molar-refractivity contribution in [3.63, 3.8) is 0 Å². The standard InChI is InChI=1S/C17H19ClN2O3/c1-10(16-11(2)19-23-12(16)3)9-15(21)20-7-8-22-17-13(18)5-4-6-14(17)20/h4-6,10H,7-9H2,1-3H3/t10-/m0/s1. The van der Waals surface area contributed by atoms with Crippen LogP contribution in [0.4, 0.5) is 5.69 Å². The van der Waals surface area contributed by atoms with Crippen molar-refractivity contribution in [1.82, 2.24) is 5.16 Å². The Hall–Kier alpha value is -2.01. The smallest absolute Gasteiger partial charge is 0.227 e. The maximum atomic E-state index is 12.8. The van der Waals surface area contributed by atoms with Gasteiger partial charge in [-0.3, -0.25) is 4.79 Å². The van der Waals surface area contributed by atoms with Gasteiger partial charge in [0.25, 0.3) is 0 Å². The molecule has 0 aliphatic carbocycles. The van der Waals surface area contributed by atoms with E-state index in [0.717, 1.165) is 22.7 Å². The normalized spacial score (nSPS) is 15.0. The highest BCUT2D eigenvalue weighted by Crippen LogP contribution is 2.38. The fourth-order valence-corrected chi connectivity index (χ4v) is 3.36. The average Bonchev–Trinajstić information content (AvgIpc) is 2.86. The molecule has 1 atom stereocenters. The van der Waals surface area contributed by atoms with E-state index in [9.17, 15) is 4.79 Å². The second-order valence-corrected chi connectivity index (χ2v) is 6.23. The minimum Gasteiger partial charge on any atom is -0.488 e. The SMILES string of the molecule is Cc1noc(C)c1[C@@H](C)CC(=O)N1CCOc2c(Cl)cccc21. The number of fused-ring (bicyclic) bond motifs is 1. The first kappa shape index (κ1) is 15.9. The number of amides is 1. The molecule has 0 fully saturated rings. The van der Waals surface area contributed by atoms with Crippen molar-refractivity contribution in [3.05, 3.63) is 40.2 Å². The Morgan fingerprint density at radius 2 is 2.22 bits per heavy atom. The Bertz CT molecular complexity index is 722. The molecular weight excluding hydrogens is 316 g/mol. The number of ether oxygens (including phenoxy) is 1. The van der Waals surface area contributed by atoms with E-state index in [2.05, 4.69) is 5.16 Å². The number of para-hydroxylation sites is 1. The van der Waals surface area contributed by atoms with Gasteiger partial charge in [-0.2, -0.15) is 0 Å². The van der Waals surface area contributed by atoms with Crippen LogP contribution in [0.15, 0.2) is 22.7 Å². The molecule has 1 aromatic carbocycles. The Morgan fingerprint density at radius 1 is 1.43 bits per heavy atom. The number of aryl methyl sites for hydroxylation is 2. The van der Waals surface area contributed by atoms with Crippen LogP contribution in [-0.2, 0) is 4.79 Å². The molecule has 3 rings (SSSR count). The largest absolute Gasteiger partial charge is 0.488 e. The maximum Gasteiger partial charge on any atom is 0.227 e. The van der Waals surface area contributed by atoms with E-state index in [1.54, 1.807) is 11.0 Å². The van der Waals surface area contributed by atoms with Gasteiger partial charge in [0.15, 0.2) is 5.75 Å². The van der Waals surface area contributed by atoms with Crippen LogP contribution in [0.25, 0.3) is 0 Å². The third-order valence-electron chi connectivity index (χ3n) is 4.16. The Balaban J connectivity index is 1.81. The number of carbonyl (C=O) groups is 1. The lowest BCUT2D eigenvalue weighted by Crippen LogP contribution is -2.38. The van der Waals surface area contributed by atoms with E-state index in [-0.39, 0.29) is 11.8 Å². The van der Waals surface area contributed by atoms with E-state index in [4.69, 9.17) is 20.9 Å². The highest BCUT2D eigenvalue weighted by Gasteiger charge is 2.28. The van der Waals surface area contributed by atoms with Gasteiger partial charge in [0.2, 0.25) is 5.91 Å². The van der Waals surface area contributed by atoms with Crippen molar-refractivity contribution in [2.45, 2.75) is 33.1 Å². The van der Waals surface area contributed by atoms with Gasteiger partial charge < -0.3 is 14.2 Å². The molecule has 0 saturated heterocycles. The lowest BCUT2D eigenvalue weighted by Gasteiger charge is -2.30. The number of benzene rings is 1. The van der Waals surface area contributed by atoms with E-state index in [1.807, 2.05) is 32.9 Å². The molecular formula is C17H19ClN2O3. The summed E-state index contributed by atoms with van der Waals surface area (Å²) < 4.78 is 10.8. The molecule has 0 radical (unpaired) electrons. The van der Waals surface area contributed by atoms with Gasteiger partial charge in [0, 0.05) is 12.0 Å². The first-order chi connectivity index (χ1) is 11.0. The Morgan fingerprint density at radius 3 is 2.91 bits per heavy atom. The van der Waals surface area contributed by atoms with Crippen molar-refractivity contribution in [2.75, 3.05) is 18.1 Å². The molecule has 0 N–H and O–H groups in total. The summed E-state index contributed by atoms with van der Waals surface area (Å²) in [5.74, 6) is 1.44. The van der Waals surface area contributed by atoms with Gasteiger partial charge in [-0.25, -0.2) is 0 Å². The zero-order valence-corrected chi connectivity index (χ0v) is 14.2. The highest BCUT2D eigenvalue weighted by molar-refractivity contribution is 6.32. The highest BCUT2D eigenvalue weighted by atomic mass is 35.5. The number of anilines is 1. The average molecular weight is 335 g/mol. The molecule has 1 amide bonds. The van der Waals surface area contributed by atoms with Gasteiger partial charge in [-0.1, -0.05) is 29.7 Å². The summed E-state index contributed by atoms with van der Waals surface area (Å²) in [5, 5.41) is 4.49. The van der Waals surface area contributed by atoms with Crippen LogP contribution in [0.2, 0.25) is 5.02 Å². The zero-order valence-electron chi connectivity index (χ0n) is 13.4. The number of rotatable bonds is 3. The molecule has 1 aliphatic heterocycles. The molecule has 0 saturated carbocycles. The minimum absolute atomic E-state index is 0.0410. The molecule has 1 aliphatic rings. The van der Waals surface area contributed by atoms with E-state index < -0.39 is 0 Å². The summed E-state index contributed by atoms with van der Waals surface area (Å²) in [7, 11) is 0. The third-order valence-corrected chi connectivity index (χ3v) is 4.46. The number of halogens is 1. The minimum atomic E-state index is 0.0410. The number of hydrogen-bond acceptors (Lipinski definition) is 4. The van der Waals surface area contributed by atoms with Crippen molar-refractivity contribution in [3.8, 4) is 5.75 Å². The van der Waals surface area contributed by atoms with Crippen LogP contribution >= 0.6 is 11.6 Å². The summed E-state index contributed by atoms with van der Waals surface area (Å²) in [4.78, 5) is 14.5. The lowest BCUT2D eigenvalue weighted by molar-refractivity contribution is -0.119. The molecule has 0 spiro atoms. The second-order valence-electron chi connectivity index (χ2n) is 5.82. The first-order valence-corrected chi connectivity index (χ1v) is 8.01. The number of nitrogens with zero attached hydrogens (tertiary/aromatic N) is 2. The van der Waals surface area contributed by atoms with Crippen LogP contribution in [0.5, 0.6) is 5.75 Å². The van der Waals surface area contributed by atoms with E-state index in [0.29, 0.717) is 30.3 Å². The molecule has 2 heterocycles. The van der Waals surface area contributed by atoms with Crippen LogP contribution in [0.1, 0.15) is 36.3 Å². The van der Waals surface area contributed by atoms with Gasteiger partial charge in [0.05, 0.1) is 22.9 Å². The number of hydrogen-bond donors (Lipinski definition) is 0. The monoisotopic (exact) mass is 334 g/mol. The molecule has 23 heavy (non-hydrogen) atoms. The predicted molar refractivity (Wildman–Crippen MR) is 88.3 cm³/mol. The number of aromatic nitrogens is 1. The summed E-state index contributed by atoms with van der Waals surface area (Å²) in [6.07, 6.45) is 0.384. The molecule has 122 valence electrons. The molecule has 0 unspecified atom stereocenters. The van der Waals surface area contributed by atoms with Crippen molar-refractivity contribution < 1.29 is 14.1 Å². The third kappa shape index (κ3) is 2.93. The fraction of sp³-hybridized carbons (Fsp3) is 0.412. The molecule has 1 aromatic heterocycles. The van der Waals surface area contributed by atoms with Crippen LogP contribution in [0.3, 0.4) is 0 Å². The Kier molecular flexibility index (Phi) is 4.31. The van der Waals surface area contributed by atoms with Gasteiger partial charge in [0.1, 0.15) is 12.4 Å². The van der Waals surface area contributed by atoms with Crippen molar-refractivity contribution >= 4 is 23.2 Å². The van der Waals surface area contributed by atoms with Crippen LogP contribution in [0, 0.1) is 13.8 Å². The van der Waals surface area contributed by atoms with Gasteiger partial charge >= 0.3 is 0 Å². The van der Waals surface area contributed by atoms with Crippen LogP contribution < -0.4 is 9.64 Å². The van der Waals surface area contributed by atoms with Gasteiger partial charge in [-0.05, 0) is 31.9 Å². The van der Waals surface area contributed by atoms with Crippen LogP contribution in [-0.4, -0.2) is 24.2 Å². The molecule has 0 bridgehead atoms. The Labute approximate surface area is 140 Å². The maximum absolute atomic E-state index is 12.8. The van der Waals surface area contributed by atoms with Crippen molar-refractivity contribution in [1.29, 1.82) is 0 Å². The summed E-state index contributed by atoms with van der Waals surface area (Å²) in [5.41, 5.74) is 2.59. The molecule has 5 nitrogen and oxygen atoms in total. The quantitative estimate of drug-likeness (QED) is 0.855. The fourth-order valence-electron chi connectivity index (χ4n) is 3.14. The predicted octanol–water partition coefficient (Wildman–Crippen LogP) is 3.86. The topological polar surface area (TPSA) is 55.6 Å². The van der Waals surface area contributed by atoms with Crippen molar-refractivity contribution in [2.24, 2.45) is 0 Å². The molecule has 2 aromatic rings. The summed E-state index contributed by atoms with van der Waals surface area (Å²) in [6.45, 7) is 6.77. The summed E-state index contributed by atoms with van der Waals surface area (Å²) in [6, 6.07) is 5.45. The zero-order chi connectivity index (χ0) is 16.6. The molecule has 6 heteroatoms. The lowest BCUT2D eigenvalue weighted by atomic mass is 9.95. The number of carbonyl (C=O) groups excluding carboxylic acids is 1. The van der Waals surface area contributed by atoms with Gasteiger partial charge in [-0.15, -0.1) is 0 Å². The summed E-state index contributed by atoms with van der Waals surface area (Å²) >= 11 is 6.16. The van der Waals surface area contributed by atoms with E-state index >= 15 is 0 Å². The van der Waals surface area contributed by atoms with E-state index in [1.165, 1.54) is 0 Å². The first-order valence-electron chi connectivity index (χ1n) is 7.63. The second kappa shape index (κ2) is 6.24.